The van der Waals surface area contributed by atoms with E-state index in [2.05, 4.69) is 39.2 Å². The topological polar surface area (TPSA) is 56.7 Å². The first-order chi connectivity index (χ1) is 8.06. The van der Waals surface area contributed by atoms with Gasteiger partial charge in [0.05, 0.1) is 5.69 Å². The highest BCUT2D eigenvalue weighted by Gasteiger charge is 2.10. The Balaban J connectivity index is 2.14. The lowest BCUT2D eigenvalue weighted by molar-refractivity contribution is 0.693. The molecule has 1 aromatic carbocycles. The summed E-state index contributed by atoms with van der Waals surface area (Å²) < 4.78 is 2.79. The molecule has 1 aromatic heterocycles. The van der Waals surface area contributed by atoms with Gasteiger partial charge in [0.15, 0.2) is 0 Å². The quantitative estimate of drug-likeness (QED) is 0.943. The number of nitrogens with two attached hydrogens (primary N) is 1. The van der Waals surface area contributed by atoms with Crippen molar-refractivity contribution in [1.82, 2.24) is 15.0 Å². The van der Waals surface area contributed by atoms with E-state index < -0.39 is 0 Å². The SMILES string of the molecule is Cc1cc(C(N)Cc2cn(C)nn2)ccc1Br. The Hall–Kier alpha value is -1.20. The third-order valence-electron chi connectivity index (χ3n) is 2.69. The molecule has 0 aliphatic heterocycles. The maximum Gasteiger partial charge on any atom is 0.0845 e. The van der Waals surface area contributed by atoms with E-state index in [4.69, 9.17) is 5.73 Å². The molecule has 17 heavy (non-hydrogen) atoms. The van der Waals surface area contributed by atoms with Crippen molar-refractivity contribution in [3.8, 4) is 0 Å². The lowest BCUT2D eigenvalue weighted by atomic mass is 10.0. The molecule has 0 saturated carbocycles. The maximum atomic E-state index is 6.16. The zero-order valence-electron chi connectivity index (χ0n) is 9.89. The molecule has 1 heterocycles. The first-order valence-corrected chi connectivity index (χ1v) is 6.22. The monoisotopic (exact) mass is 294 g/mol. The predicted molar refractivity (Wildman–Crippen MR) is 70.5 cm³/mol. The number of hydrogen-bond donors (Lipinski definition) is 1. The van der Waals surface area contributed by atoms with Crippen LogP contribution in [0.3, 0.4) is 0 Å². The molecule has 0 aliphatic carbocycles. The van der Waals surface area contributed by atoms with Crippen molar-refractivity contribution in [2.24, 2.45) is 12.8 Å². The van der Waals surface area contributed by atoms with Crippen LogP contribution in [0.15, 0.2) is 28.9 Å². The molecular formula is C12H15BrN4. The second-order valence-electron chi connectivity index (χ2n) is 4.20. The van der Waals surface area contributed by atoms with Crippen LogP contribution in [0.2, 0.25) is 0 Å². The van der Waals surface area contributed by atoms with Gasteiger partial charge in [-0.05, 0) is 24.1 Å². The summed E-state index contributed by atoms with van der Waals surface area (Å²) in [6.45, 7) is 2.06. The minimum absolute atomic E-state index is 0.0431. The van der Waals surface area contributed by atoms with Crippen LogP contribution < -0.4 is 5.73 Å². The fourth-order valence-electron chi connectivity index (χ4n) is 1.73. The van der Waals surface area contributed by atoms with Gasteiger partial charge in [-0.1, -0.05) is 33.3 Å². The summed E-state index contributed by atoms with van der Waals surface area (Å²) in [5.74, 6) is 0. The molecule has 0 spiro atoms. The van der Waals surface area contributed by atoms with Crippen molar-refractivity contribution in [3.63, 3.8) is 0 Å². The number of benzene rings is 1. The summed E-state index contributed by atoms with van der Waals surface area (Å²) in [5, 5.41) is 7.94. The molecular weight excluding hydrogens is 280 g/mol. The summed E-state index contributed by atoms with van der Waals surface area (Å²) in [6.07, 6.45) is 2.60. The fourth-order valence-corrected chi connectivity index (χ4v) is 1.98. The van der Waals surface area contributed by atoms with E-state index in [-0.39, 0.29) is 6.04 Å². The smallest absolute Gasteiger partial charge is 0.0845 e. The number of aromatic nitrogens is 3. The van der Waals surface area contributed by atoms with Crippen LogP contribution in [0, 0.1) is 6.92 Å². The number of aryl methyl sites for hydroxylation is 2. The van der Waals surface area contributed by atoms with Crippen molar-refractivity contribution in [3.05, 3.63) is 45.7 Å². The molecule has 0 radical (unpaired) electrons. The number of halogens is 1. The van der Waals surface area contributed by atoms with Crippen molar-refractivity contribution in [1.29, 1.82) is 0 Å². The predicted octanol–water partition coefficient (Wildman–Crippen LogP) is 2.13. The van der Waals surface area contributed by atoms with Crippen molar-refractivity contribution in [2.45, 2.75) is 19.4 Å². The highest BCUT2D eigenvalue weighted by atomic mass is 79.9. The minimum Gasteiger partial charge on any atom is -0.324 e. The normalized spacial score (nSPS) is 12.7. The molecule has 2 N–H and O–H groups in total. The molecule has 90 valence electrons. The van der Waals surface area contributed by atoms with E-state index in [9.17, 15) is 0 Å². The Morgan fingerprint density at radius 3 is 2.82 bits per heavy atom. The summed E-state index contributed by atoms with van der Waals surface area (Å²) in [6, 6.07) is 6.13. The molecule has 1 unspecified atom stereocenters. The Morgan fingerprint density at radius 2 is 2.24 bits per heavy atom. The Labute approximate surface area is 109 Å². The van der Waals surface area contributed by atoms with E-state index in [1.165, 1.54) is 5.56 Å². The molecule has 0 fully saturated rings. The highest BCUT2D eigenvalue weighted by molar-refractivity contribution is 9.10. The van der Waals surface area contributed by atoms with Crippen LogP contribution >= 0.6 is 15.9 Å². The average molecular weight is 295 g/mol. The molecule has 2 rings (SSSR count). The number of hydrogen-bond acceptors (Lipinski definition) is 3. The highest BCUT2D eigenvalue weighted by Crippen LogP contribution is 2.21. The first kappa shape index (κ1) is 12.3. The molecule has 0 saturated heterocycles. The van der Waals surface area contributed by atoms with Crippen LogP contribution in [-0.4, -0.2) is 15.0 Å². The van der Waals surface area contributed by atoms with Gasteiger partial charge >= 0.3 is 0 Å². The van der Waals surface area contributed by atoms with E-state index in [0.717, 1.165) is 15.7 Å². The third kappa shape index (κ3) is 2.92. The standard InChI is InChI=1S/C12H15BrN4/c1-8-5-9(3-4-11(8)13)12(14)6-10-7-17(2)16-15-10/h3-5,7,12H,6,14H2,1-2H3. The fraction of sp³-hybridized carbons (Fsp3) is 0.333. The van der Waals surface area contributed by atoms with Gasteiger partial charge in [-0.25, -0.2) is 0 Å². The zero-order chi connectivity index (χ0) is 12.4. The van der Waals surface area contributed by atoms with E-state index in [0.29, 0.717) is 6.42 Å². The zero-order valence-corrected chi connectivity index (χ0v) is 11.5. The second kappa shape index (κ2) is 4.98. The van der Waals surface area contributed by atoms with Gasteiger partial charge in [-0.2, -0.15) is 0 Å². The first-order valence-electron chi connectivity index (χ1n) is 5.43. The lowest BCUT2D eigenvalue weighted by Crippen LogP contribution is -2.13. The van der Waals surface area contributed by atoms with Gasteiger partial charge < -0.3 is 5.73 Å². The van der Waals surface area contributed by atoms with Crippen LogP contribution in [-0.2, 0) is 13.5 Å². The van der Waals surface area contributed by atoms with Gasteiger partial charge in [0, 0.05) is 30.2 Å². The average Bonchev–Trinajstić information content (AvgIpc) is 2.68. The Morgan fingerprint density at radius 1 is 1.47 bits per heavy atom. The molecule has 0 amide bonds. The van der Waals surface area contributed by atoms with Gasteiger partial charge in [0.25, 0.3) is 0 Å². The van der Waals surface area contributed by atoms with Crippen molar-refractivity contribution >= 4 is 15.9 Å². The number of nitrogens with zero attached hydrogens (tertiary/aromatic N) is 3. The maximum absolute atomic E-state index is 6.16. The van der Waals surface area contributed by atoms with Crippen LogP contribution in [0.25, 0.3) is 0 Å². The molecule has 1 atom stereocenters. The van der Waals surface area contributed by atoms with Crippen LogP contribution in [0.5, 0.6) is 0 Å². The van der Waals surface area contributed by atoms with Gasteiger partial charge in [0.1, 0.15) is 0 Å². The van der Waals surface area contributed by atoms with Crippen molar-refractivity contribution in [2.75, 3.05) is 0 Å². The van der Waals surface area contributed by atoms with Crippen molar-refractivity contribution < 1.29 is 0 Å². The number of rotatable bonds is 3. The van der Waals surface area contributed by atoms with E-state index in [1.807, 2.05) is 25.4 Å². The molecule has 0 bridgehead atoms. The largest absolute Gasteiger partial charge is 0.324 e. The summed E-state index contributed by atoms with van der Waals surface area (Å²) in [4.78, 5) is 0. The van der Waals surface area contributed by atoms with Gasteiger partial charge in [0.2, 0.25) is 0 Å². The van der Waals surface area contributed by atoms with Gasteiger partial charge in [-0.3, -0.25) is 4.68 Å². The van der Waals surface area contributed by atoms with E-state index in [1.54, 1.807) is 4.68 Å². The lowest BCUT2D eigenvalue weighted by Gasteiger charge is -2.11. The molecule has 0 aliphatic rings. The van der Waals surface area contributed by atoms with Crippen LogP contribution in [0.4, 0.5) is 0 Å². The molecule has 2 aromatic rings. The third-order valence-corrected chi connectivity index (χ3v) is 3.58. The van der Waals surface area contributed by atoms with Crippen LogP contribution in [0.1, 0.15) is 22.9 Å². The summed E-state index contributed by atoms with van der Waals surface area (Å²) >= 11 is 3.48. The summed E-state index contributed by atoms with van der Waals surface area (Å²) in [7, 11) is 1.85. The Bertz CT molecular complexity index is 521. The van der Waals surface area contributed by atoms with E-state index >= 15 is 0 Å². The minimum atomic E-state index is -0.0431. The molecule has 4 nitrogen and oxygen atoms in total. The molecule has 5 heteroatoms. The second-order valence-corrected chi connectivity index (χ2v) is 5.06. The summed E-state index contributed by atoms with van der Waals surface area (Å²) in [5.41, 5.74) is 9.39. The Kier molecular flexibility index (Phi) is 3.59. The van der Waals surface area contributed by atoms with Gasteiger partial charge in [-0.15, -0.1) is 5.10 Å².